The van der Waals surface area contributed by atoms with Gasteiger partial charge >= 0.3 is 6.09 Å². The van der Waals surface area contributed by atoms with E-state index in [0.717, 1.165) is 16.7 Å². The fourth-order valence-electron chi connectivity index (χ4n) is 4.94. The maximum atomic E-state index is 13.8. The van der Waals surface area contributed by atoms with Crippen molar-refractivity contribution in [2.24, 2.45) is 5.73 Å². The fourth-order valence-corrected chi connectivity index (χ4v) is 4.94. The number of nitrogens with zero attached hydrogens (tertiary/aromatic N) is 4. The van der Waals surface area contributed by atoms with E-state index in [1.807, 2.05) is 79.7 Å². The topological polar surface area (TPSA) is 116 Å². The maximum Gasteiger partial charge on any atom is 0.415 e. The molecule has 2 heterocycles. The summed E-state index contributed by atoms with van der Waals surface area (Å²) in [6.07, 6.45) is 0.476. The van der Waals surface area contributed by atoms with Gasteiger partial charge in [0.2, 0.25) is 0 Å². The summed E-state index contributed by atoms with van der Waals surface area (Å²) in [5.41, 5.74) is 9.20. The van der Waals surface area contributed by atoms with Gasteiger partial charge in [-0.2, -0.15) is 4.98 Å². The van der Waals surface area contributed by atoms with Gasteiger partial charge in [0.25, 0.3) is 11.3 Å². The lowest BCUT2D eigenvalue weighted by molar-refractivity contribution is 0.124. The Morgan fingerprint density at radius 2 is 1.66 bits per heavy atom. The summed E-state index contributed by atoms with van der Waals surface area (Å²) in [4.78, 5) is 33.8. The number of fused-ring (bicyclic) bond motifs is 1. The molecule has 0 fully saturated rings. The summed E-state index contributed by atoms with van der Waals surface area (Å²) in [5.74, 6) is 0.816. The summed E-state index contributed by atoms with van der Waals surface area (Å²) in [6, 6.07) is 26.4. The molecule has 0 bridgehead atoms. The van der Waals surface area contributed by atoms with Gasteiger partial charge in [-0.1, -0.05) is 84.9 Å². The second-order valence-electron chi connectivity index (χ2n) is 9.81. The third-order valence-corrected chi connectivity index (χ3v) is 7.05. The number of ether oxygens (including phenoxy) is 1. The van der Waals surface area contributed by atoms with Gasteiger partial charge in [-0.15, -0.1) is 0 Å². The van der Waals surface area contributed by atoms with Crippen LogP contribution in [0.3, 0.4) is 0 Å². The van der Waals surface area contributed by atoms with Gasteiger partial charge in [0.15, 0.2) is 0 Å². The normalized spacial score (nSPS) is 11.9. The van der Waals surface area contributed by atoms with Crippen LogP contribution in [0.4, 0.5) is 4.79 Å². The first-order chi connectivity index (χ1) is 20.0. The van der Waals surface area contributed by atoms with Crippen molar-refractivity contribution >= 4 is 17.2 Å². The molecule has 210 valence electrons. The molecule has 0 saturated carbocycles. The molecule has 41 heavy (non-hydrogen) atoms. The van der Waals surface area contributed by atoms with Crippen molar-refractivity contribution in [1.82, 2.24) is 19.6 Å². The van der Waals surface area contributed by atoms with Crippen LogP contribution < -0.4 is 16.0 Å². The summed E-state index contributed by atoms with van der Waals surface area (Å²) < 4.78 is 12.9. The summed E-state index contributed by atoms with van der Waals surface area (Å²) in [5, 5.41) is 4.30. The van der Waals surface area contributed by atoms with Crippen LogP contribution in [0, 0.1) is 6.92 Å². The zero-order chi connectivity index (χ0) is 28.8. The lowest BCUT2D eigenvalue weighted by Crippen LogP contribution is -2.41. The third-order valence-electron chi connectivity index (χ3n) is 7.05. The molecule has 0 aliphatic heterocycles. The van der Waals surface area contributed by atoms with Gasteiger partial charge in [0.1, 0.15) is 17.0 Å². The molecule has 1 unspecified atom stereocenters. The van der Waals surface area contributed by atoms with Crippen LogP contribution in [0.15, 0.2) is 94.2 Å². The van der Waals surface area contributed by atoms with Gasteiger partial charge in [0.05, 0.1) is 18.3 Å². The van der Waals surface area contributed by atoms with Gasteiger partial charge in [-0.25, -0.2) is 4.79 Å². The van der Waals surface area contributed by atoms with Crippen molar-refractivity contribution in [2.45, 2.75) is 39.3 Å². The number of hydrogen-bond donors (Lipinski definition) is 1. The molecule has 5 rings (SSSR count). The van der Waals surface area contributed by atoms with Crippen LogP contribution in [0.5, 0.6) is 5.75 Å². The minimum absolute atomic E-state index is 0.147. The number of amides is 1. The van der Waals surface area contributed by atoms with Crippen LogP contribution in [0.2, 0.25) is 0 Å². The number of carbonyl (C=O) groups excluding carboxylic acids is 1. The van der Waals surface area contributed by atoms with Crippen molar-refractivity contribution in [3.63, 3.8) is 0 Å². The van der Waals surface area contributed by atoms with Crippen LogP contribution >= 0.6 is 0 Å². The molecule has 2 N–H and O–H groups in total. The maximum absolute atomic E-state index is 13.8. The lowest BCUT2D eigenvalue weighted by Gasteiger charge is -2.31. The second kappa shape index (κ2) is 12.6. The standard InChI is InChI=1S/C32H33N5O4/c1-3-27(29-34-30-28(22(2)35-41-30)31(38)37(29)21-23-11-6-4-7-12-23)36(20-10-19-33)32(39)40-26-17-15-25(16-18-26)24-13-8-5-9-14-24/h4-9,11-18,27H,3,10,19-21,33H2,1-2H3. The van der Waals surface area contributed by atoms with E-state index in [4.69, 9.17) is 20.0 Å². The van der Waals surface area contributed by atoms with Gasteiger partial charge in [-0.3, -0.25) is 14.3 Å². The monoisotopic (exact) mass is 551 g/mol. The first kappa shape index (κ1) is 27.8. The molecule has 0 radical (unpaired) electrons. The van der Waals surface area contributed by atoms with Crippen LogP contribution in [-0.2, 0) is 6.54 Å². The Balaban J connectivity index is 1.50. The summed E-state index contributed by atoms with van der Waals surface area (Å²) in [7, 11) is 0. The largest absolute Gasteiger partial charge is 0.415 e. The van der Waals surface area contributed by atoms with Gasteiger partial charge < -0.3 is 15.0 Å². The Morgan fingerprint density at radius 3 is 2.32 bits per heavy atom. The van der Waals surface area contributed by atoms with Crippen LogP contribution in [0.1, 0.15) is 42.9 Å². The summed E-state index contributed by atoms with van der Waals surface area (Å²) in [6.45, 7) is 4.64. The van der Waals surface area contributed by atoms with E-state index in [0.29, 0.717) is 48.6 Å². The Hall–Kier alpha value is -4.76. The zero-order valence-electron chi connectivity index (χ0n) is 23.2. The Labute approximate surface area is 238 Å². The predicted octanol–water partition coefficient (Wildman–Crippen LogP) is 5.71. The smallest absolute Gasteiger partial charge is 0.410 e. The number of hydrogen-bond acceptors (Lipinski definition) is 7. The number of aromatic nitrogens is 3. The van der Waals surface area contributed by atoms with Crippen molar-refractivity contribution in [3.05, 3.63) is 112 Å². The van der Waals surface area contributed by atoms with E-state index in [2.05, 4.69) is 5.16 Å². The second-order valence-corrected chi connectivity index (χ2v) is 9.81. The average molecular weight is 552 g/mol. The minimum atomic E-state index is -0.580. The molecule has 3 aromatic carbocycles. The predicted molar refractivity (Wildman–Crippen MR) is 158 cm³/mol. The van der Waals surface area contributed by atoms with Crippen LogP contribution in [-0.4, -0.2) is 38.8 Å². The SMILES string of the molecule is CCC(c1nc2onc(C)c2c(=O)n1Cc1ccccc1)N(CCCN)C(=O)Oc1ccc(-c2ccccc2)cc1. The van der Waals surface area contributed by atoms with Crippen molar-refractivity contribution in [3.8, 4) is 16.9 Å². The van der Waals surface area contributed by atoms with Crippen molar-refractivity contribution in [2.75, 3.05) is 13.1 Å². The molecular weight excluding hydrogens is 518 g/mol. The highest BCUT2D eigenvalue weighted by molar-refractivity contribution is 5.75. The van der Waals surface area contributed by atoms with E-state index in [1.54, 1.807) is 28.5 Å². The number of aryl methyl sites for hydroxylation is 1. The highest BCUT2D eigenvalue weighted by Gasteiger charge is 2.31. The molecule has 1 atom stereocenters. The number of nitrogens with two attached hydrogens (primary N) is 1. The highest BCUT2D eigenvalue weighted by atomic mass is 16.6. The van der Waals surface area contributed by atoms with E-state index in [-0.39, 0.29) is 17.8 Å². The minimum Gasteiger partial charge on any atom is -0.410 e. The Kier molecular flexibility index (Phi) is 8.55. The number of benzene rings is 3. The van der Waals surface area contributed by atoms with Crippen molar-refractivity contribution in [1.29, 1.82) is 0 Å². The molecule has 9 heteroatoms. The van der Waals surface area contributed by atoms with E-state index in [9.17, 15) is 9.59 Å². The zero-order valence-corrected chi connectivity index (χ0v) is 23.2. The van der Waals surface area contributed by atoms with E-state index >= 15 is 0 Å². The van der Waals surface area contributed by atoms with Gasteiger partial charge in [-0.05, 0) is 55.1 Å². The molecule has 0 aliphatic carbocycles. The lowest BCUT2D eigenvalue weighted by atomic mass is 10.1. The Morgan fingerprint density at radius 1 is 1.00 bits per heavy atom. The molecule has 0 spiro atoms. The first-order valence-electron chi connectivity index (χ1n) is 13.7. The average Bonchev–Trinajstić information content (AvgIpc) is 3.38. The molecule has 2 aromatic heterocycles. The first-order valence-corrected chi connectivity index (χ1v) is 13.7. The fraction of sp³-hybridized carbons (Fsp3) is 0.250. The number of carbonyl (C=O) groups is 1. The molecule has 1 amide bonds. The molecular formula is C32H33N5O4. The quantitative estimate of drug-likeness (QED) is 0.236. The van der Waals surface area contributed by atoms with Crippen LogP contribution in [0.25, 0.3) is 22.2 Å². The third kappa shape index (κ3) is 6.05. The molecule has 0 saturated heterocycles. The molecule has 9 nitrogen and oxygen atoms in total. The molecule has 0 aliphatic rings. The van der Waals surface area contributed by atoms with E-state index < -0.39 is 12.1 Å². The number of rotatable bonds is 10. The highest BCUT2D eigenvalue weighted by Crippen LogP contribution is 2.28. The Bertz CT molecular complexity index is 1660. The van der Waals surface area contributed by atoms with Gasteiger partial charge in [0, 0.05) is 6.54 Å². The molecule has 5 aromatic rings. The van der Waals surface area contributed by atoms with Crippen molar-refractivity contribution < 1.29 is 14.1 Å². The van der Waals surface area contributed by atoms with E-state index in [1.165, 1.54) is 0 Å². The summed E-state index contributed by atoms with van der Waals surface area (Å²) >= 11 is 0.